The van der Waals surface area contributed by atoms with Gasteiger partial charge in [0.05, 0.1) is 0 Å². The zero-order valence-electron chi connectivity index (χ0n) is 16.3. The molecule has 0 aliphatic heterocycles. The van der Waals surface area contributed by atoms with Gasteiger partial charge in [0.1, 0.15) is 0 Å². The number of amides is 2. The monoisotopic (exact) mass is 433 g/mol. The fraction of sp³-hybridized carbons (Fsp3) is 0.364. The second-order valence-electron chi connectivity index (χ2n) is 7.49. The van der Waals surface area contributed by atoms with E-state index in [1.54, 1.807) is 43.3 Å². The van der Waals surface area contributed by atoms with E-state index in [9.17, 15) is 9.59 Å². The Balaban J connectivity index is 1.75. The Labute approximate surface area is 181 Å². The Bertz CT molecular complexity index is 895. The highest BCUT2D eigenvalue weighted by molar-refractivity contribution is 6.31. The zero-order chi connectivity index (χ0) is 21.0. The van der Waals surface area contributed by atoms with Crippen LogP contribution in [0.3, 0.4) is 0 Å². The highest BCUT2D eigenvalue weighted by Gasteiger charge is 2.26. The van der Waals surface area contributed by atoms with Crippen LogP contribution in [-0.2, 0) is 11.3 Å². The van der Waals surface area contributed by atoms with Gasteiger partial charge in [-0.25, -0.2) is 0 Å². The molecule has 1 saturated carbocycles. The molecule has 7 heteroatoms. The first-order chi connectivity index (χ1) is 13.8. The van der Waals surface area contributed by atoms with Gasteiger partial charge in [-0.1, -0.05) is 29.3 Å². The summed E-state index contributed by atoms with van der Waals surface area (Å²) in [6.45, 7) is 1.97. The van der Waals surface area contributed by atoms with Crippen LogP contribution in [0.2, 0.25) is 10.0 Å². The molecule has 2 aromatic rings. The molecular weight excluding hydrogens is 409 g/mol. The van der Waals surface area contributed by atoms with Crippen molar-refractivity contribution in [1.29, 1.82) is 0 Å². The molecule has 1 aliphatic carbocycles. The number of carbonyl (C=O) groups is 2. The lowest BCUT2D eigenvalue weighted by atomic mass is 9.90. The first-order valence-corrected chi connectivity index (χ1v) is 10.5. The smallest absolute Gasteiger partial charge is 0.255 e. The molecule has 0 saturated heterocycles. The maximum atomic E-state index is 12.5. The standard InChI is InChI=1S/C22H25Cl2N3O2/c1-14(28)27(20-8-5-18(25)6-9-20)13-16-12-19(7-10-21(16)24)26-22(29)15-3-2-4-17(23)11-15/h2-4,7,10-12,18,20H,5-6,8-9,13,25H2,1H3,(H,26,29). The predicted octanol–water partition coefficient (Wildman–Crippen LogP) is 4.86. The number of carbonyl (C=O) groups excluding carboxylic acids is 2. The molecule has 3 rings (SSSR count). The zero-order valence-corrected chi connectivity index (χ0v) is 17.8. The summed E-state index contributed by atoms with van der Waals surface area (Å²) < 4.78 is 0. The summed E-state index contributed by atoms with van der Waals surface area (Å²) in [7, 11) is 0. The molecule has 1 aliphatic rings. The Morgan fingerprint density at radius 2 is 1.83 bits per heavy atom. The molecule has 29 heavy (non-hydrogen) atoms. The third kappa shape index (κ3) is 5.72. The van der Waals surface area contributed by atoms with Gasteiger partial charge in [0, 0.05) is 46.8 Å². The molecule has 0 radical (unpaired) electrons. The number of hydrogen-bond acceptors (Lipinski definition) is 3. The molecule has 154 valence electrons. The van der Waals surface area contributed by atoms with Crippen LogP contribution < -0.4 is 11.1 Å². The molecule has 0 bridgehead atoms. The first kappa shape index (κ1) is 21.6. The maximum absolute atomic E-state index is 12.5. The number of rotatable bonds is 5. The highest BCUT2D eigenvalue weighted by atomic mass is 35.5. The van der Waals surface area contributed by atoms with Crippen LogP contribution in [0, 0.1) is 0 Å². The lowest BCUT2D eigenvalue weighted by molar-refractivity contribution is -0.132. The Morgan fingerprint density at radius 1 is 1.10 bits per heavy atom. The number of nitrogens with two attached hydrogens (primary N) is 1. The van der Waals surface area contributed by atoms with Gasteiger partial charge in [0.15, 0.2) is 0 Å². The summed E-state index contributed by atoms with van der Waals surface area (Å²) in [4.78, 5) is 26.6. The summed E-state index contributed by atoms with van der Waals surface area (Å²) in [6.07, 6.45) is 3.61. The molecule has 1 fully saturated rings. The minimum Gasteiger partial charge on any atom is -0.336 e. The molecule has 0 heterocycles. The van der Waals surface area contributed by atoms with Gasteiger partial charge in [-0.3, -0.25) is 9.59 Å². The normalized spacial score (nSPS) is 18.9. The van der Waals surface area contributed by atoms with Crippen LogP contribution in [0.1, 0.15) is 48.5 Å². The molecule has 5 nitrogen and oxygen atoms in total. The van der Waals surface area contributed by atoms with Crippen molar-refractivity contribution in [3.05, 3.63) is 63.6 Å². The van der Waals surface area contributed by atoms with Crippen molar-refractivity contribution < 1.29 is 9.59 Å². The van der Waals surface area contributed by atoms with E-state index in [0.717, 1.165) is 31.2 Å². The summed E-state index contributed by atoms with van der Waals surface area (Å²) >= 11 is 12.4. The van der Waals surface area contributed by atoms with Crippen LogP contribution in [0.15, 0.2) is 42.5 Å². The number of nitrogens with zero attached hydrogens (tertiary/aromatic N) is 1. The Hall–Kier alpha value is -2.08. The predicted molar refractivity (Wildman–Crippen MR) is 117 cm³/mol. The van der Waals surface area contributed by atoms with Crippen LogP contribution >= 0.6 is 23.2 Å². The Morgan fingerprint density at radius 3 is 2.48 bits per heavy atom. The van der Waals surface area contributed by atoms with Gasteiger partial charge in [-0.05, 0) is 67.6 Å². The average molecular weight is 434 g/mol. The van der Waals surface area contributed by atoms with E-state index in [0.29, 0.717) is 27.8 Å². The number of halogens is 2. The summed E-state index contributed by atoms with van der Waals surface area (Å²) in [6, 6.07) is 12.4. The number of benzene rings is 2. The van der Waals surface area contributed by atoms with Crippen molar-refractivity contribution in [2.24, 2.45) is 5.73 Å². The number of anilines is 1. The molecule has 0 unspecified atom stereocenters. The van der Waals surface area contributed by atoms with E-state index in [2.05, 4.69) is 5.32 Å². The molecule has 2 amide bonds. The fourth-order valence-corrected chi connectivity index (χ4v) is 4.07. The fourth-order valence-electron chi connectivity index (χ4n) is 3.70. The van der Waals surface area contributed by atoms with E-state index in [1.807, 2.05) is 11.0 Å². The van der Waals surface area contributed by atoms with Gasteiger partial charge in [-0.15, -0.1) is 0 Å². The number of hydrogen-bond donors (Lipinski definition) is 2. The van der Waals surface area contributed by atoms with Crippen molar-refractivity contribution in [1.82, 2.24) is 4.90 Å². The molecule has 3 N–H and O–H groups in total. The molecule has 0 atom stereocenters. The lowest BCUT2D eigenvalue weighted by Gasteiger charge is -2.35. The minimum atomic E-state index is -0.259. The van der Waals surface area contributed by atoms with Crippen LogP contribution in [-0.4, -0.2) is 28.8 Å². The van der Waals surface area contributed by atoms with Crippen molar-refractivity contribution >= 4 is 40.7 Å². The van der Waals surface area contributed by atoms with E-state index in [1.165, 1.54) is 0 Å². The van der Waals surface area contributed by atoms with Gasteiger partial charge < -0.3 is 16.0 Å². The quantitative estimate of drug-likeness (QED) is 0.706. The van der Waals surface area contributed by atoms with E-state index in [-0.39, 0.29) is 23.9 Å². The van der Waals surface area contributed by atoms with Crippen LogP contribution in [0.25, 0.3) is 0 Å². The van der Waals surface area contributed by atoms with E-state index < -0.39 is 0 Å². The molecule has 0 aromatic heterocycles. The van der Waals surface area contributed by atoms with Crippen LogP contribution in [0.5, 0.6) is 0 Å². The van der Waals surface area contributed by atoms with Gasteiger partial charge in [0.2, 0.25) is 5.91 Å². The topological polar surface area (TPSA) is 75.4 Å². The molecule has 0 spiro atoms. The summed E-state index contributed by atoms with van der Waals surface area (Å²) in [5.74, 6) is -0.250. The Kier molecular flexibility index (Phi) is 7.17. The van der Waals surface area contributed by atoms with Gasteiger partial charge in [-0.2, -0.15) is 0 Å². The second-order valence-corrected chi connectivity index (χ2v) is 8.33. The summed E-state index contributed by atoms with van der Waals surface area (Å²) in [5.41, 5.74) is 7.88. The first-order valence-electron chi connectivity index (χ1n) is 9.71. The minimum absolute atomic E-state index is 0.00917. The third-order valence-corrected chi connectivity index (χ3v) is 5.92. The van der Waals surface area contributed by atoms with Crippen molar-refractivity contribution in [2.75, 3.05) is 5.32 Å². The van der Waals surface area contributed by atoms with Crippen molar-refractivity contribution in [3.63, 3.8) is 0 Å². The van der Waals surface area contributed by atoms with E-state index in [4.69, 9.17) is 28.9 Å². The molecular formula is C22H25Cl2N3O2. The summed E-state index contributed by atoms with van der Waals surface area (Å²) in [5, 5.41) is 3.92. The maximum Gasteiger partial charge on any atom is 0.255 e. The van der Waals surface area contributed by atoms with E-state index >= 15 is 0 Å². The SMILES string of the molecule is CC(=O)N(Cc1cc(NC(=O)c2cccc(Cl)c2)ccc1Cl)C1CCC(N)CC1. The number of nitrogens with one attached hydrogen (secondary N) is 1. The lowest BCUT2D eigenvalue weighted by Crippen LogP contribution is -2.42. The second kappa shape index (κ2) is 9.61. The van der Waals surface area contributed by atoms with Crippen molar-refractivity contribution in [2.45, 2.75) is 51.2 Å². The third-order valence-electron chi connectivity index (χ3n) is 5.32. The van der Waals surface area contributed by atoms with Gasteiger partial charge >= 0.3 is 0 Å². The van der Waals surface area contributed by atoms with Gasteiger partial charge in [0.25, 0.3) is 5.91 Å². The highest BCUT2D eigenvalue weighted by Crippen LogP contribution is 2.27. The van der Waals surface area contributed by atoms with Crippen molar-refractivity contribution in [3.8, 4) is 0 Å². The average Bonchev–Trinajstić information content (AvgIpc) is 2.69. The van der Waals surface area contributed by atoms with Crippen LogP contribution in [0.4, 0.5) is 5.69 Å². The molecule has 2 aromatic carbocycles. The largest absolute Gasteiger partial charge is 0.336 e.